The molecule has 6 heteroatoms. The van der Waals surface area contributed by atoms with E-state index in [1.54, 1.807) is 4.90 Å². The molecule has 0 aliphatic carbocycles. The predicted octanol–water partition coefficient (Wildman–Crippen LogP) is 3.54. The van der Waals surface area contributed by atoms with E-state index in [-0.39, 0.29) is 18.4 Å². The van der Waals surface area contributed by atoms with Crippen LogP contribution < -0.4 is 10.2 Å². The van der Waals surface area contributed by atoms with Gasteiger partial charge >= 0.3 is 0 Å². The first-order valence-electron chi connectivity index (χ1n) is 8.64. The number of nitrogens with one attached hydrogen (secondary N) is 1. The van der Waals surface area contributed by atoms with Crippen LogP contribution in [0.1, 0.15) is 18.4 Å². The number of likely N-dealkylation sites (N-methyl/N-ethyl adjacent to an activating group) is 1. The maximum Gasteiger partial charge on any atom is 0.238 e. The number of nitrogens with zero attached hydrogens (tertiary/aromatic N) is 2. The highest BCUT2D eigenvalue weighted by Crippen LogP contribution is 2.23. The van der Waals surface area contributed by atoms with Gasteiger partial charge in [0.15, 0.2) is 0 Å². The molecule has 1 N–H and O–H groups in total. The minimum atomic E-state index is -0.0773. The van der Waals surface area contributed by atoms with Crippen molar-refractivity contribution in [2.24, 2.45) is 0 Å². The summed E-state index contributed by atoms with van der Waals surface area (Å²) in [5.41, 5.74) is 2.71. The Hall–Kier alpha value is -2.37. The van der Waals surface area contributed by atoms with Crippen molar-refractivity contribution >= 4 is 34.8 Å². The second-order valence-electron chi connectivity index (χ2n) is 6.54. The molecule has 0 aromatic heterocycles. The van der Waals surface area contributed by atoms with Crippen LogP contribution in [0, 0.1) is 0 Å². The number of hydrogen-bond donors (Lipinski definition) is 1. The number of anilines is 2. The van der Waals surface area contributed by atoms with E-state index < -0.39 is 0 Å². The van der Waals surface area contributed by atoms with E-state index in [2.05, 4.69) is 5.32 Å². The van der Waals surface area contributed by atoms with Gasteiger partial charge in [0.2, 0.25) is 11.8 Å². The monoisotopic (exact) mass is 371 g/mol. The first-order chi connectivity index (χ1) is 12.5. The van der Waals surface area contributed by atoms with Crippen LogP contribution in [0.4, 0.5) is 11.4 Å². The van der Waals surface area contributed by atoms with Crippen molar-refractivity contribution in [3.05, 3.63) is 59.1 Å². The summed E-state index contributed by atoms with van der Waals surface area (Å²) < 4.78 is 0. The number of benzene rings is 2. The molecular formula is C20H22ClN3O2. The molecule has 2 aromatic carbocycles. The maximum absolute atomic E-state index is 12.2. The summed E-state index contributed by atoms with van der Waals surface area (Å²) in [7, 11) is 1.90. The molecule has 2 aromatic rings. The van der Waals surface area contributed by atoms with Gasteiger partial charge in [-0.05, 0) is 55.4 Å². The molecule has 136 valence electrons. The summed E-state index contributed by atoms with van der Waals surface area (Å²) in [5.74, 6) is 0.0806. The molecule has 3 rings (SSSR count). The van der Waals surface area contributed by atoms with E-state index in [0.29, 0.717) is 18.0 Å². The fourth-order valence-corrected chi connectivity index (χ4v) is 3.17. The molecule has 26 heavy (non-hydrogen) atoms. The zero-order valence-corrected chi connectivity index (χ0v) is 15.5. The Balaban J connectivity index is 1.51. The summed E-state index contributed by atoms with van der Waals surface area (Å²) in [6, 6.07) is 15.0. The van der Waals surface area contributed by atoms with Gasteiger partial charge in [0.25, 0.3) is 0 Å². The summed E-state index contributed by atoms with van der Waals surface area (Å²) in [6.45, 7) is 1.72. The van der Waals surface area contributed by atoms with Gasteiger partial charge in [-0.2, -0.15) is 0 Å². The molecule has 1 aliphatic rings. The van der Waals surface area contributed by atoms with E-state index in [1.165, 1.54) is 0 Å². The molecule has 1 saturated heterocycles. The number of rotatable bonds is 6. The molecular weight excluding hydrogens is 350 g/mol. The number of halogens is 1. The third-order valence-electron chi connectivity index (χ3n) is 4.32. The summed E-state index contributed by atoms with van der Waals surface area (Å²) in [6.07, 6.45) is 1.51. The second kappa shape index (κ2) is 8.34. The highest BCUT2D eigenvalue weighted by Gasteiger charge is 2.21. The Morgan fingerprint density at radius 1 is 1.15 bits per heavy atom. The minimum Gasteiger partial charge on any atom is -0.325 e. The van der Waals surface area contributed by atoms with Gasteiger partial charge < -0.3 is 10.2 Å². The van der Waals surface area contributed by atoms with Gasteiger partial charge in [0.1, 0.15) is 0 Å². The van der Waals surface area contributed by atoms with Crippen molar-refractivity contribution in [1.82, 2.24) is 4.90 Å². The van der Waals surface area contributed by atoms with Gasteiger partial charge in [0, 0.05) is 35.9 Å². The normalized spacial score (nSPS) is 14.1. The second-order valence-corrected chi connectivity index (χ2v) is 6.98. The Bertz CT molecular complexity index is 775. The average molecular weight is 372 g/mol. The standard InChI is InChI=1S/C20H22ClN3O2/c1-23(13-15-4-6-16(21)7-5-15)14-19(25)22-17-8-10-18(11-9-17)24-12-2-3-20(24)26/h4-11H,2-3,12-14H2,1H3,(H,22,25). The third-order valence-corrected chi connectivity index (χ3v) is 4.57. The van der Waals surface area contributed by atoms with Crippen LogP contribution in [0.15, 0.2) is 48.5 Å². The number of carbonyl (C=O) groups excluding carboxylic acids is 2. The average Bonchev–Trinajstić information content (AvgIpc) is 3.03. The zero-order chi connectivity index (χ0) is 18.5. The van der Waals surface area contributed by atoms with Crippen molar-refractivity contribution in [2.75, 3.05) is 30.4 Å². The molecule has 0 atom stereocenters. The SMILES string of the molecule is CN(CC(=O)Nc1ccc(N2CCCC2=O)cc1)Cc1ccc(Cl)cc1. The predicted molar refractivity (Wildman–Crippen MR) is 104 cm³/mol. The lowest BCUT2D eigenvalue weighted by atomic mass is 10.2. The Kier molecular flexibility index (Phi) is 5.91. The molecule has 2 amide bonds. The lowest BCUT2D eigenvalue weighted by Gasteiger charge is -2.18. The number of hydrogen-bond acceptors (Lipinski definition) is 3. The largest absolute Gasteiger partial charge is 0.325 e. The fourth-order valence-electron chi connectivity index (χ4n) is 3.05. The number of carbonyl (C=O) groups is 2. The van der Waals surface area contributed by atoms with Gasteiger partial charge in [-0.3, -0.25) is 14.5 Å². The maximum atomic E-state index is 12.2. The van der Waals surface area contributed by atoms with Crippen molar-refractivity contribution < 1.29 is 9.59 Å². The summed E-state index contributed by atoms with van der Waals surface area (Å²) >= 11 is 5.88. The Morgan fingerprint density at radius 2 is 1.85 bits per heavy atom. The summed E-state index contributed by atoms with van der Waals surface area (Å²) in [4.78, 5) is 27.7. The van der Waals surface area contributed by atoms with Crippen LogP contribution in [0.2, 0.25) is 5.02 Å². The van der Waals surface area contributed by atoms with Crippen LogP contribution in [0.3, 0.4) is 0 Å². The van der Waals surface area contributed by atoms with Gasteiger partial charge in [-0.25, -0.2) is 0 Å². The third kappa shape index (κ3) is 4.84. The van der Waals surface area contributed by atoms with E-state index in [4.69, 9.17) is 11.6 Å². The van der Waals surface area contributed by atoms with Gasteiger partial charge in [-0.15, -0.1) is 0 Å². The smallest absolute Gasteiger partial charge is 0.238 e. The quantitative estimate of drug-likeness (QED) is 0.845. The molecule has 0 spiro atoms. The van der Waals surface area contributed by atoms with E-state index >= 15 is 0 Å². The molecule has 1 heterocycles. The van der Waals surface area contributed by atoms with E-state index in [0.717, 1.165) is 29.9 Å². The zero-order valence-electron chi connectivity index (χ0n) is 14.7. The first kappa shape index (κ1) is 18.4. The van der Waals surface area contributed by atoms with Gasteiger partial charge in [-0.1, -0.05) is 23.7 Å². The van der Waals surface area contributed by atoms with Crippen LogP contribution in [0.5, 0.6) is 0 Å². The van der Waals surface area contributed by atoms with Crippen molar-refractivity contribution in [2.45, 2.75) is 19.4 Å². The molecule has 0 saturated carbocycles. The Labute approximate surface area is 158 Å². The molecule has 0 bridgehead atoms. The van der Waals surface area contributed by atoms with Crippen molar-refractivity contribution in [3.8, 4) is 0 Å². The van der Waals surface area contributed by atoms with Crippen LogP contribution in [-0.4, -0.2) is 36.9 Å². The molecule has 0 unspecified atom stereocenters. The first-order valence-corrected chi connectivity index (χ1v) is 9.02. The lowest BCUT2D eigenvalue weighted by molar-refractivity contribution is -0.117. The van der Waals surface area contributed by atoms with Crippen LogP contribution >= 0.6 is 11.6 Å². The number of amides is 2. The van der Waals surface area contributed by atoms with E-state index in [1.807, 2.05) is 60.5 Å². The van der Waals surface area contributed by atoms with Gasteiger partial charge in [0.05, 0.1) is 6.54 Å². The molecule has 0 radical (unpaired) electrons. The minimum absolute atomic E-state index is 0.0773. The molecule has 5 nitrogen and oxygen atoms in total. The highest BCUT2D eigenvalue weighted by atomic mass is 35.5. The Morgan fingerprint density at radius 3 is 2.46 bits per heavy atom. The van der Waals surface area contributed by atoms with Crippen molar-refractivity contribution in [1.29, 1.82) is 0 Å². The van der Waals surface area contributed by atoms with Crippen LogP contribution in [-0.2, 0) is 16.1 Å². The van der Waals surface area contributed by atoms with E-state index in [9.17, 15) is 9.59 Å². The summed E-state index contributed by atoms with van der Waals surface area (Å²) in [5, 5.41) is 3.59. The highest BCUT2D eigenvalue weighted by molar-refractivity contribution is 6.30. The molecule has 1 fully saturated rings. The molecule has 1 aliphatic heterocycles. The fraction of sp³-hybridized carbons (Fsp3) is 0.300. The topological polar surface area (TPSA) is 52.7 Å². The lowest BCUT2D eigenvalue weighted by Crippen LogP contribution is -2.29. The van der Waals surface area contributed by atoms with Crippen LogP contribution in [0.25, 0.3) is 0 Å². The van der Waals surface area contributed by atoms with Crippen molar-refractivity contribution in [3.63, 3.8) is 0 Å².